The standard InChI is InChI=1S/C16H24FN3O/c1-2-9-18-15-4-3-10-20(11-15)12-16(21)19-14-7-5-13(17)6-8-14/h5-8,15,18H,2-4,9-12H2,1H3,(H,19,21). The molecule has 0 aromatic heterocycles. The van der Waals surface area contributed by atoms with E-state index in [0.29, 0.717) is 18.3 Å². The van der Waals surface area contributed by atoms with Crippen LogP contribution < -0.4 is 10.6 Å². The molecule has 0 radical (unpaired) electrons. The van der Waals surface area contributed by atoms with Crippen LogP contribution in [0.3, 0.4) is 0 Å². The first kappa shape index (κ1) is 15.9. The number of anilines is 1. The number of piperidine rings is 1. The fraction of sp³-hybridized carbons (Fsp3) is 0.562. The van der Waals surface area contributed by atoms with Crippen molar-refractivity contribution in [2.45, 2.75) is 32.2 Å². The number of hydrogen-bond donors (Lipinski definition) is 2. The van der Waals surface area contributed by atoms with Crippen molar-refractivity contribution < 1.29 is 9.18 Å². The summed E-state index contributed by atoms with van der Waals surface area (Å²) in [6.07, 6.45) is 3.42. The van der Waals surface area contributed by atoms with Gasteiger partial charge >= 0.3 is 0 Å². The molecule has 1 aliphatic heterocycles. The molecular weight excluding hydrogens is 269 g/mol. The normalized spacial score (nSPS) is 19.4. The molecule has 1 saturated heterocycles. The van der Waals surface area contributed by atoms with E-state index in [1.54, 1.807) is 12.1 Å². The molecule has 0 bridgehead atoms. The van der Waals surface area contributed by atoms with Crippen molar-refractivity contribution in [2.24, 2.45) is 0 Å². The van der Waals surface area contributed by atoms with Gasteiger partial charge < -0.3 is 10.6 Å². The van der Waals surface area contributed by atoms with Crippen LogP contribution in [0, 0.1) is 5.82 Å². The van der Waals surface area contributed by atoms with E-state index in [0.717, 1.165) is 32.5 Å². The Bertz CT molecular complexity index is 449. The van der Waals surface area contributed by atoms with E-state index in [-0.39, 0.29) is 11.7 Å². The summed E-state index contributed by atoms with van der Waals surface area (Å²) in [4.78, 5) is 14.2. The monoisotopic (exact) mass is 293 g/mol. The van der Waals surface area contributed by atoms with Crippen LogP contribution in [0.2, 0.25) is 0 Å². The summed E-state index contributed by atoms with van der Waals surface area (Å²) in [7, 11) is 0. The molecular formula is C16H24FN3O. The number of carbonyl (C=O) groups is 1. The van der Waals surface area contributed by atoms with Crippen LogP contribution in [0.4, 0.5) is 10.1 Å². The van der Waals surface area contributed by atoms with Crippen molar-refractivity contribution in [1.82, 2.24) is 10.2 Å². The lowest BCUT2D eigenvalue weighted by molar-refractivity contribution is -0.117. The minimum absolute atomic E-state index is 0.0438. The minimum atomic E-state index is -0.297. The summed E-state index contributed by atoms with van der Waals surface area (Å²) >= 11 is 0. The maximum atomic E-state index is 12.8. The van der Waals surface area contributed by atoms with Crippen molar-refractivity contribution in [2.75, 3.05) is 31.5 Å². The number of carbonyl (C=O) groups excluding carboxylic acids is 1. The number of nitrogens with zero attached hydrogens (tertiary/aromatic N) is 1. The molecule has 1 fully saturated rings. The summed E-state index contributed by atoms with van der Waals surface area (Å²) in [5.41, 5.74) is 0.638. The Hall–Kier alpha value is -1.46. The lowest BCUT2D eigenvalue weighted by Crippen LogP contribution is -2.48. The van der Waals surface area contributed by atoms with Gasteiger partial charge in [-0.25, -0.2) is 4.39 Å². The van der Waals surface area contributed by atoms with Crippen LogP contribution in [-0.4, -0.2) is 43.0 Å². The van der Waals surface area contributed by atoms with Gasteiger partial charge in [-0.2, -0.15) is 0 Å². The summed E-state index contributed by atoms with van der Waals surface area (Å²) < 4.78 is 12.8. The first-order valence-corrected chi connectivity index (χ1v) is 7.68. The highest BCUT2D eigenvalue weighted by molar-refractivity contribution is 5.92. The Morgan fingerprint density at radius 3 is 2.86 bits per heavy atom. The summed E-state index contributed by atoms with van der Waals surface area (Å²) in [6.45, 7) is 5.45. The van der Waals surface area contributed by atoms with Gasteiger partial charge in [0.25, 0.3) is 0 Å². The van der Waals surface area contributed by atoms with E-state index >= 15 is 0 Å². The van der Waals surface area contributed by atoms with Gasteiger partial charge in [-0.05, 0) is 56.6 Å². The highest BCUT2D eigenvalue weighted by Gasteiger charge is 2.20. The molecule has 0 saturated carbocycles. The smallest absolute Gasteiger partial charge is 0.238 e. The number of likely N-dealkylation sites (tertiary alicyclic amines) is 1. The molecule has 4 nitrogen and oxygen atoms in total. The molecule has 1 aromatic carbocycles. The van der Waals surface area contributed by atoms with E-state index < -0.39 is 0 Å². The van der Waals surface area contributed by atoms with Gasteiger partial charge in [0.1, 0.15) is 5.82 Å². The fourth-order valence-corrected chi connectivity index (χ4v) is 2.65. The molecule has 1 atom stereocenters. The Morgan fingerprint density at radius 1 is 1.38 bits per heavy atom. The molecule has 1 amide bonds. The first-order chi connectivity index (χ1) is 10.2. The maximum Gasteiger partial charge on any atom is 0.238 e. The molecule has 0 spiro atoms. The second-order valence-electron chi connectivity index (χ2n) is 5.58. The van der Waals surface area contributed by atoms with Gasteiger partial charge in [-0.1, -0.05) is 6.92 Å². The SMILES string of the molecule is CCCNC1CCCN(CC(=O)Nc2ccc(F)cc2)C1. The second kappa shape index (κ2) is 8.10. The number of halogens is 1. The van der Waals surface area contributed by atoms with Gasteiger partial charge in [-0.15, -0.1) is 0 Å². The third kappa shape index (κ3) is 5.44. The summed E-state index contributed by atoms with van der Waals surface area (Å²) in [6, 6.07) is 6.34. The minimum Gasteiger partial charge on any atom is -0.325 e. The summed E-state index contributed by atoms with van der Waals surface area (Å²) in [5, 5.41) is 6.32. The van der Waals surface area contributed by atoms with Gasteiger partial charge in [-0.3, -0.25) is 9.69 Å². The molecule has 1 heterocycles. The largest absolute Gasteiger partial charge is 0.325 e. The van der Waals surface area contributed by atoms with Crippen LogP contribution in [0.15, 0.2) is 24.3 Å². The van der Waals surface area contributed by atoms with Gasteiger partial charge in [0, 0.05) is 18.3 Å². The number of benzene rings is 1. The number of amides is 1. The molecule has 2 rings (SSSR count). The van der Waals surface area contributed by atoms with E-state index in [2.05, 4.69) is 22.5 Å². The third-order valence-electron chi connectivity index (χ3n) is 3.68. The average molecular weight is 293 g/mol. The van der Waals surface area contributed by atoms with E-state index in [4.69, 9.17) is 0 Å². The Labute approximate surface area is 125 Å². The molecule has 116 valence electrons. The van der Waals surface area contributed by atoms with Crippen molar-refractivity contribution >= 4 is 11.6 Å². The summed E-state index contributed by atoms with van der Waals surface area (Å²) in [5.74, 6) is -0.341. The number of nitrogens with one attached hydrogen (secondary N) is 2. The zero-order chi connectivity index (χ0) is 15.1. The van der Waals surface area contributed by atoms with E-state index in [1.807, 2.05) is 0 Å². The fourth-order valence-electron chi connectivity index (χ4n) is 2.65. The first-order valence-electron chi connectivity index (χ1n) is 7.68. The van der Waals surface area contributed by atoms with Crippen molar-refractivity contribution in [3.05, 3.63) is 30.1 Å². The van der Waals surface area contributed by atoms with Crippen LogP contribution in [0.5, 0.6) is 0 Å². The molecule has 1 aromatic rings. The predicted molar refractivity (Wildman–Crippen MR) is 82.8 cm³/mol. The van der Waals surface area contributed by atoms with Gasteiger partial charge in [0.05, 0.1) is 6.54 Å². The quantitative estimate of drug-likeness (QED) is 0.845. The maximum absolute atomic E-state index is 12.8. The molecule has 1 aliphatic rings. The highest BCUT2D eigenvalue weighted by atomic mass is 19.1. The zero-order valence-electron chi connectivity index (χ0n) is 12.6. The third-order valence-corrected chi connectivity index (χ3v) is 3.68. The lowest BCUT2D eigenvalue weighted by Gasteiger charge is -2.32. The second-order valence-corrected chi connectivity index (χ2v) is 5.58. The lowest BCUT2D eigenvalue weighted by atomic mass is 10.1. The van der Waals surface area contributed by atoms with Gasteiger partial charge in [0.15, 0.2) is 0 Å². The highest BCUT2D eigenvalue weighted by Crippen LogP contribution is 2.11. The Kier molecular flexibility index (Phi) is 6.14. The Balaban J connectivity index is 1.77. The number of rotatable bonds is 6. The zero-order valence-corrected chi connectivity index (χ0v) is 12.6. The van der Waals surface area contributed by atoms with Gasteiger partial charge in [0.2, 0.25) is 5.91 Å². The van der Waals surface area contributed by atoms with Crippen LogP contribution >= 0.6 is 0 Å². The van der Waals surface area contributed by atoms with E-state index in [1.165, 1.54) is 18.6 Å². The van der Waals surface area contributed by atoms with Crippen molar-refractivity contribution in [3.63, 3.8) is 0 Å². The molecule has 0 aliphatic carbocycles. The average Bonchev–Trinajstić information content (AvgIpc) is 2.48. The molecule has 1 unspecified atom stereocenters. The predicted octanol–water partition coefficient (Wildman–Crippen LogP) is 2.23. The molecule has 5 heteroatoms. The molecule has 21 heavy (non-hydrogen) atoms. The van der Waals surface area contributed by atoms with E-state index in [9.17, 15) is 9.18 Å². The van der Waals surface area contributed by atoms with Crippen molar-refractivity contribution in [3.8, 4) is 0 Å². The van der Waals surface area contributed by atoms with Crippen molar-refractivity contribution in [1.29, 1.82) is 0 Å². The number of hydrogen-bond acceptors (Lipinski definition) is 3. The topological polar surface area (TPSA) is 44.4 Å². The van der Waals surface area contributed by atoms with Crippen LogP contribution in [0.1, 0.15) is 26.2 Å². The van der Waals surface area contributed by atoms with Crippen LogP contribution in [0.25, 0.3) is 0 Å². The van der Waals surface area contributed by atoms with Crippen LogP contribution in [-0.2, 0) is 4.79 Å². The molecule has 2 N–H and O–H groups in total. The Morgan fingerprint density at radius 2 is 2.14 bits per heavy atom.